The maximum atomic E-state index is 12.9. The van der Waals surface area contributed by atoms with Crippen molar-refractivity contribution in [2.75, 3.05) is 19.0 Å². The Morgan fingerprint density at radius 2 is 2.17 bits per heavy atom. The Kier molecular flexibility index (Phi) is 5.63. The minimum absolute atomic E-state index is 0.0219. The van der Waals surface area contributed by atoms with E-state index in [0.717, 1.165) is 27.6 Å². The summed E-state index contributed by atoms with van der Waals surface area (Å²) in [4.78, 5) is 33.5. The van der Waals surface area contributed by atoms with Gasteiger partial charge in [-0.1, -0.05) is 18.2 Å². The SMILES string of the molecule is CN(C(=O)C=Cc1cnc2c(c1)CCC(=O)N2)C(CCO)c1c[nH]c2ccccc12. The van der Waals surface area contributed by atoms with Gasteiger partial charge < -0.3 is 20.3 Å². The van der Waals surface area contributed by atoms with E-state index in [-0.39, 0.29) is 24.5 Å². The third kappa shape index (κ3) is 3.97. The Morgan fingerprint density at radius 3 is 3.00 bits per heavy atom. The van der Waals surface area contributed by atoms with Gasteiger partial charge in [-0.25, -0.2) is 4.98 Å². The topological polar surface area (TPSA) is 98.3 Å². The molecule has 7 heteroatoms. The second-order valence-electron chi connectivity index (χ2n) is 7.42. The van der Waals surface area contributed by atoms with E-state index >= 15 is 0 Å². The van der Waals surface area contributed by atoms with Gasteiger partial charge in [-0.2, -0.15) is 0 Å². The normalized spacial score (nSPS) is 14.5. The molecule has 3 N–H and O–H groups in total. The Hall–Kier alpha value is -3.45. The molecule has 0 spiro atoms. The lowest BCUT2D eigenvalue weighted by atomic mass is 10.0. The number of H-pyrrole nitrogens is 1. The molecule has 1 unspecified atom stereocenters. The molecule has 1 aliphatic rings. The summed E-state index contributed by atoms with van der Waals surface area (Å²) in [5, 5.41) is 13.4. The van der Waals surface area contributed by atoms with Crippen LogP contribution in [0.2, 0.25) is 0 Å². The number of rotatable bonds is 6. The van der Waals surface area contributed by atoms with Gasteiger partial charge in [-0.3, -0.25) is 9.59 Å². The first-order valence-electron chi connectivity index (χ1n) is 9.97. The lowest BCUT2D eigenvalue weighted by molar-refractivity contribution is -0.127. The number of nitrogens with one attached hydrogen (secondary N) is 2. The molecule has 3 aromatic rings. The molecular weight excluding hydrogens is 380 g/mol. The minimum Gasteiger partial charge on any atom is -0.396 e. The maximum absolute atomic E-state index is 12.9. The van der Waals surface area contributed by atoms with Crippen LogP contribution in [0.25, 0.3) is 17.0 Å². The zero-order chi connectivity index (χ0) is 21.1. The summed E-state index contributed by atoms with van der Waals surface area (Å²) < 4.78 is 0. The predicted molar refractivity (Wildman–Crippen MR) is 116 cm³/mol. The van der Waals surface area contributed by atoms with E-state index in [0.29, 0.717) is 25.1 Å². The average molecular weight is 404 g/mol. The van der Waals surface area contributed by atoms with Gasteiger partial charge in [0.1, 0.15) is 5.82 Å². The summed E-state index contributed by atoms with van der Waals surface area (Å²) >= 11 is 0. The number of fused-ring (bicyclic) bond motifs is 2. The predicted octanol–water partition coefficient (Wildman–Crippen LogP) is 3.04. The highest BCUT2D eigenvalue weighted by atomic mass is 16.3. The molecule has 0 saturated carbocycles. The summed E-state index contributed by atoms with van der Waals surface area (Å²) in [5.41, 5.74) is 3.75. The number of pyridine rings is 1. The summed E-state index contributed by atoms with van der Waals surface area (Å²) in [6.45, 7) is -0.0219. The van der Waals surface area contributed by atoms with Crippen molar-refractivity contribution in [1.82, 2.24) is 14.9 Å². The fourth-order valence-corrected chi connectivity index (χ4v) is 3.85. The number of para-hydroxylation sites is 1. The van der Waals surface area contributed by atoms with Crippen LogP contribution in [-0.4, -0.2) is 45.4 Å². The van der Waals surface area contributed by atoms with E-state index in [4.69, 9.17) is 0 Å². The quantitative estimate of drug-likeness (QED) is 0.550. The molecule has 0 bridgehead atoms. The molecule has 30 heavy (non-hydrogen) atoms. The summed E-state index contributed by atoms with van der Waals surface area (Å²) in [5.74, 6) is 0.404. The van der Waals surface area contributed by atoms with Crippen LogP contribution in [-0.2, 0) is 16.0 Å². The number of aromatic amines is 1. The average Bonchev–Trinajstić information content (AvgIpc) is 3.19. The highest BCUT2D eigenvalue weighted by Gasteiger charge is 2.23. The fraction of sp³-hybridized carbons (Fsp3) is 0.261. The molecule has 2 amide bonds. The van der Waals surface area contributed by atoms with Crippen molar-refractivity contribution in [2.24, 2.45) is 0 Å². The van der Waals surface area contributed by atoms with E-state index in [1.807, 2.05) is 36.5 Å². The molecule has 0 aliphatic carbocycles. The standard InChI is InChI=1S/C23H24N4O3/c1-27(20(10-11-28)18-14-24-19-5-3-2-4-17(18)19)22(30)9-6-15-12-16-7-8-21(29)26-23(16)25-13-15/h2-6,9,12-14,20,24,28H,7-8,10-11H2,1H3,(H,25,26,29). The van der Waals surface area contributed by atoms with Gasteiger partial charge in [0.25, 0.3) is 0 Å². The molecule has 2 aromatic heterocycles. The maximum Gasteiger partial charge on any atom is 0.246 e. The van der Waals surface area contributed by atoms with Crippen LogP contribution < -0.4 is 5.32 Å². The summed E-state index contributed by atoms with van der Waals surface area (Å²) in [6, 6.07) is 9.61. The monoisotopic (exact) mass is 404 g/mol. The molecule has 3 heterocycles. The van der Waals surface area contributed by atoms with E-state index in [2.05, 4.69) is 15.3 Å². The Bertz CT molecular complexity index is 1120. The number of hydrogen-bond acceptors (Lipinski definition) is 4. The number of aryl methyl sites for hydroxylation is 1. The first-order chi connectivity index (χ1) is 14.6. The van der Waals surface area contributed by atoms with Crippen LogP contribution >= 0.6 is 0 Å². The van der Waals surface area contributed by atoms with E-state index < -0.39 is 0 Å². The van der Waals surface area contributed by atoms with Gasteiger partial charge >= 0.3 is 0 Å². The van der Waals surface area contributed by atoms with Crippen LogP contribution in [0.4, 0.5) is 5.82 Å². The first kappa shape index (κ1) is 19.8. The van der Waals surface area contributed by atoms with E-state index in [1.54, 1.807) is 24.2 Å². The van der Waals surface area contributed by atoms with Crippen LogP contribution in [0.1, 0.15) is 35.6 Å². The number of hydrogen-bond donors (Lipinski definition) is 3. The lowest BCUT2D eigenvalue weighted by Crippen LogP contribution is -2.30. The number of nitrogens with zero attached hydrogens (tertiary/aromatic N) is 2. The number of amides is 2. The fourth-order valence-electron chi connectivity index (χ4n) is 3.85. The molecule has 7 nitrogen and oxygen atoms in total. The number of aliphatic hydroxyl groups excluding tert-OH is 1. The van der Waals surface area contributed by atoms with E-state index in [1.165, 1.54) is 6.08 Å². The van der Waals surface area contributed by atoms with Crippen molar-refractivity contribution < 1.29 is 14.7 Å². The number of anilines is 1. The lowest BCUT2D eigenvalue weighted by Gasteiger charge is -2.27. The number of benzene rings is 1. The molecule has 0 saturated heterocycles. The van der Waals surface area contributed by atoms with Crippen molar-refractivity contribution in [3.8, 4) is 0 Å². The zero-order valence-corrected chi connectivity index (χ0v) is 16.8. The van der Waals surface area contributed by atoms with Crippen LogP contribution in [0, 0.1) is 0 Å². The van der Waals surface area contributed by atoms with Crippen molar-refractivity contribution in [2.45, 2.75) is 25.3 Å². The summed E-state index contributed by atoms with van der Waals surface area (Å²) in [7, 11) is 1.75. The van der Waals surface area contributed by atoms with Crippen molar-refractivity contribution in [1.29, 1.82) is 0 Å². The van der Waals surface area contributed by atoms with Crippen molar-refractivity contribution in [3.63, 3.8) is 0 Å². The van der Waals surface area contributed by atoms with Crippen LogP contribution in [0.5, 0.6) is 0 Å². The second-order valence-corrected chi connectivity index (χ2v) is 7.42. The number of carbonyl (C=O) groups excluding carboxylic acids is 2. The Balaban J connectivity index is 1.53. The molecule has 0 radical (unpaired) electrons. The minimum atomic E-state index is -0.250. The van der Waals surface area contributed by atoms with Gasteiger partial charge in [0.05, 0.1) is 6.04 Å². The van der Waals surface area contributed by atoms with Crippen LogP contribution in [0.15, 0.2) is 48.8 Å². The van der Waals surface area contributed by atoms with Gasteiger partial charge in [-0.15, -0.1) is 0 Å². The third-order valence-corrected chi connectivity index (χ3v) is 5.48. The number of aromatic nitrogens is 2. The van der Waals surface area contributed by atoms with E-state index in [9.17, 15) is 14.7 Å². The van der Waals surface area contributed by atoms with Gasteiger partial charge in [0.2, 0.25) is 11.8 Å². The highest BCUT2D eigenvalue weighted by Crippen LogP contribution is 2.30. The van der Waals surface area contributed by atoms with Crippen LogP contribution in [0.3, 0.4) is 0 Å². The number of aliphatic hydroxyl groups is 1. The third-order valence-electron chi connectivity index (χ3n) is 5.48. The largest absolute Gasteiger partial charge is 0.396 e. The number of likely N-dealkylation sites (N-methyl/N-ethyl adjacent to an activating group) is 1. The Morgan fingerprint density at radius 1 is 1.33 bits per heavy atom. The van der Waals surface area contributed by atoms with Crippen molar-refractivity contribution in [3.05, 3.63) is 65.5 Å². The highest BCUT2D eigenvalue weighted by molar-refractivity contribution is 5.94. The molecule has 4 rings (SSSR count). The molecular formula is C23H24N4O3. The van der Waals surface area contributed by atoms with Gasteiger partial charge in [0, 0.05) is 49.4 Å². The molecule has 1 aliphatic heterocycles. The zero-order valence-electron chi connectivity index (χ0n) is 16.8. The number of carbonyl (C=O) groups is 2. The smallest absolute Gasteiger partial charge is 0.246 e. The molecule has 1 atom stereocenters. The van der Waals surface area contributed by atoms with Gasteiger partial charge in [-0.05, 0) is 47.7 Å². The summed E-state index contributed by atoms with van der Waals surface area (Å²) in [6.07, 6.45) is 8.31. The molecule has 0 fully saturated rings. The molecule has 1 aromatic carbocycles. The Labute approximate surface area is 174 Å². The second kappa shape index (κ2) is 8.51. The van der Waals surface area contributed by atoms with Crippen molar-refractivity contribution >= 4 is 34.6 Å². The molecule has 154 valence electrons. The van der Waals surface area contributed by atoms with Gasteiger partial charge in [0.15, 0.2) is 0 Å². The first-order valence-corrected chi connectivity index (χ1v) is 9.97.